The van der Waals surface area contributed by atoms with E-state index < -0.39 is 0 Å². The van der Waals surface area contributed by atoms with Crippen LogP contribution < -0.4 is 0 Å². The summed E-state index contributed by atoms with van der Waals surface area (Å²) in [5, 5.41) is 18.8. The maximum atomic E-state index is 10.3. The number of H-pyrrole nitrogens is 1. The molecule has 24 heavy (non-hydrogen) atoms. The Morgan fingerprint density at radius 1 is 1.21 bits per heavy atom. The third-order valence-electron chi connectivity index (χ3n) is 4.60. The number of aliphatic hydroxyl groups is 1. The Balaban J connectivity index is 1.48. The summed E-state index contributed by atoms with van der Waals surface area (Å²) in [6.45, 7) is 5.35. The first-order valence-electron chi connectivity index (χ1n) is 8.23. The summed E-state index contributed by atoms with van der Waals surface area (Å²) < 4.78 is 5.36. The average molecular weight is 327 g/mol. The van der Waals surface area contributed by atoms with Gasteiger partial charge in [-0.2, -0.15) is 0 Å². The van der Waals surface area contributed by atoms with Crippen molar-refractivity contribution in [3.63, 3.8) is 0 Å². The van der Waals surface area contributed by atoms with Crippen molar-refractivity contribution >= 4 is 22.4 Å². The number of fused-ring (bicyclic) bond motifs is 1. The summed E-state index contributed by atoms with van der Waals surface area (Å²) in [4.78, 5) is 11.9. The molecule has 4 rings (SSSR count). The molecule has 0 unspecified atom stereocenters. The number of aliphatic hydroxyl groups excluding tert-OH is 1. The molecule has 0 amide bonds. The number of hydrogen-bond acceptors (Lipinski definition) is 5. The van der Waals surface area contributed by atoms with Crippen LogP contribution in [-0.2, 0) is 4.74 Å². The van der Waals surface area contributed by atoms with Crippen molar-refractivity contribution in [2.24, 2.45) is 0 Å². The summed E-state index contributed by atoms with van der Waals surface area (Å²) in [6, 6.07) is 7.73. The van der Waals surface area contributed by atoms with Crippen molar-refractivity contribution < 1.29 is 9.84 Å². The number of nitrogens with zero attached hydrogens (tertiary/aromatic N) is 3. The smallest absolute Gasteiger partial charge is 0.145 e. The van der Waals surface area contributed by atoms with Crippen molar-refractivity contribution in [2.75, 3.05) is 45.9 Å². The van der Waals surface area contributed by atoms with Crippen LogP contribution >= 0.6 is 0 Å². The molecule has 1 saturated heterocycles. The molecule has 3 heterocycles. The van der Waals surface area contributed by atoms with E-state index in [9.17, 15) is 5.11 Å². The Morgan fingerprint density at radius 3 is 2.79 bits per heavy atom. The zero-order chi connectivity index (χ0) is 16.5. The first-order valence-corrected chi connectivity index (χ1v) is 8.23. The SMILES string of the molecule is N=C1C(c2nc3ccccc3[nH]2)=C(O)CN1CCN1CCOCC1. The molecule has 0 atom stereocenters. The monoisotopic (exact) mass is 327 g/mol. The molecule has 3 N–H and O–H groups in total. The maximum Gasteiger partial charge on any atom is 0.145 e. The highest BCUT2D eigenvalue weighted by molar-refractivity contribution is 6.23. The molecular weight excluding hydrogens is 306 g/mol. The Kier molecular flexibility index (Phi) is 3.95. The lowest BCUT2D eigenvalue weighted by Crippen LogP contribution is -2.42. The molecule has 0 saturated carbocycles. The molecule has 7 heteroatoms. The number of aromatic amines is 1. The minimum atomic E-state index is 0.209. The highest BCUT2D eigenvalue weighted by Crippen LogP contribution is 2.26. The number of aromatic nitrogens is 2. The Labute approximate surface area is 140 Å². The summed E-state index contributed by atoms with van der Waals surface area (Å²) in [5.41, 5.74) is 2.26. The third-order valence-corrected chi connectivity index (χ3v) is 4.60. The fraction of sp³-hybridized carbons (Fsp3) is 0.412. The molecule has 1 aromatic heterocycles. The van der Waals surface area contributed by atoms with Gasteiger partial charge in [0, 0.05) is 26.2 Å². The van der Waals surface area contributed by atoms with Gasteiger partial charge in [-0.25, -0.2) is 4.98 Å². The third kappa shape index (κ3) is 2.76. The molecule has 2 aromatic rings. The second kappa shape index (κ2) is 6.26. The first-order chi connectivity index (χ1) is 11.7. The number of nitrogens with one attached hydrogen (secondary N) is 2. The summed E-state index contributed by atoms with van der Waals surface area (Å²) >= 11 is 0. The van der Waals surface area contributed by atoms with E-state index in [1.165, 1.54) is 0 Å². The number of ether oxygens (including phenoxy) is 1. The summed E-state index contributed by atoms with van der Waals surface area (Å²) in [5.74, 6) is 1.11. The number of imidazole rings is 1. The standard InChI is InChI=1S/C17H21N5O2/c18-16-15(17-19-12-3-1-2-4-13(12)20-17)14(23)11-22(16)6-5-21-7-9-24-10-8-21/h1-4,18,23H,5-11H2,(H,19,20). The second-order valence-corrected chi connectivity index (χ2v) is 6.15. The van der Waals surface area contributed by atoms with Crippen molar-refractivity contribution in [3.8, 4) is 0 Å². The number of hydrogen-bond donors (Lipinski definition) is 3. The Hall–Kier alpha value is -2.38. The highest BCUT2D eigenvalue weighted by atomic mass is 16.5. The van der Waals surface area contributed by atoms with Crippen LogP contribution in [0, 0.1) is 5.41 Å². The van der Waals surface area contributed by atoms with Gasteiger partial charge in [-0.3, -0.25) is 10.3 Å². The van der Waals surface area contributed by atoms with Gasteiger partial charge in [0.2, 0.25) is 0 Å². The average Bonchev–Trinajstić information content (AvgIpc) is 3.14. The van der Waals surface area contributed by atoms with E-state index in [-0.39, 0.29) is 5.76 Å². The fourth-order valence-corrected chi connectivity index (χ4v) is 3.23. The van der Waals surface area contributed by atoms with Crippen LogP contribution in [0.15, 0.2) is 30.0 Å². The van der Waals surface area contributed by atoms with Gasteiger partial charge in [0.25, 0.3) is 0 Å². The van der Waals surface area contributed by atoms with E-state index in [1.54, 1.807) is 0 Å². The predicted molar refractivity (Wildman–Crippen MR) is 92.2 cm³/mol. The van der Waals surface area contributed by atoms with Crippen LogP contribution in [0.5, 0.6) is 0 Å². The van der Waals surface area contributed by atoms with Crippen molar-refractivity contribution in [1.29, 1.82) is 5.41 Å². The molecule has 0 spiro atoms. The van der Waals surface area contributed by atoms with Crippen LogP contribution in [0.3, 0.4) is 0 Å². The highest BCUT2D eigenvalue weighted by Gasteiger charge is 2.30. The number of amidine groups is 1. The fourth-order valence-electron chi connectivity index (χ4n) is 3.23. The molecule has 0 radical (unpaired) electrons. The zero-order valence-corrected chi connectivity index (χ0v) is 13.5. The summed E-state index contributed by atoms with van der Waals surface area (Å²) in [6.07, 6.45) is 0. The van der Waals surface area contributed by atoms with Crippen LogP contribution in [-0.4, -0.2) is 76.6 Å². The molecule has 1 aromatic carbocycles. The van der Waals surface area contributed by atoms with Gasteiger partial charge in [0.15, 0.2) is 0 Å². The van der Waals surface area contributed by atoms with Gasteiger partial charge in [0.05, 0.1) is 36.4 Å². The van der Waals surface area contributed by atoms with E-state index >= 15 is 0 Å². The van der Waals surface area contributed by atoms with E-state index in [0.29, 0.717) is 30.3 Å². The quantitative estimate of drug-likeness (QED) is 0.791. The van der Waals surface area contributed by atoms with Gasteiger partial charge in [-0.05, 0) is 12.1 Å². The number of benzene rings is 1. The normalized spacial score (nSPS) is 19.7. The molecular formula is C17H21N5O2. The van der Waals surface area contributed by atoms with E-state index in [2.05, 4.69) is 14.9 Å². The predicted octanol–water partition coefficient (Wildman–Crippen LogP) is 1.46. The lowest BCUT2D eigenvalue weighted by atomic mass is 10.2. The van der Waals surface area contributed by atoms with Crippen molar-refractivity contribution in [2.45, 2.75) is 0 Å². The molecule has 0 bridgehead atoms. The minimum absolute atomic E-state index is 0.209. The maximum absolute atomic E-state index is 10.3. The zero-order valence-electron chi connectivity index (χ0n) is 13.5. The molecule has 1 fully saturated rings. The minimum Gasteiger partial charge on any atom is -0.510 e. The van der Waals surface area contributed by atoms with Gasteiger partial charge >= 0.3 is 0 Å². The molecule has 7 nitrogen and oxygen atoms in total. The first kappa shape index (κ1) is 15.2. The van der Waals surface area contributed by atoms with Crippen LogP contribution in [0.1, 0.15) is 5.82 Å². The Morgan fingerprint density at radius 2 is 2.00 bits per heavy atom. The van der Waals surface area contributed by atoms with Crippen LogP contribution in [0.25, 0.3) is 16.6 Å². The second-order valence-electron chi connectivity index (χ2n) is 6.15. The number of para-hydroxylation sites is 2. The molecule has 0 aliphatic carbocycles. The molecule has 2 aliphatic rings. The van der Waals surface area contributed by atoms with Crippen LogP contribution in [0.4, 0.5) is 0 Å². The largest absolute Gasteiger partial charge is 0.510 e. The van der Waals surface area contributed by atoms with Gasteiger partial charge in [0.1, 0.15) is 17.4 Å². The lowest BCUT2D eigenvalue weighted by molar-refractivity contribution is 0.0361. The van der Waals surface area contributed by atoms with Crippen LogP contribution in [0.2, 0.25) is 0 Å². The van der Waals surface area contributed by atoms with E-state index in [1.807, 2.05) is 29.2 Å². The van der Waals surface area contributed by atoms with E-state index in [4.69, 9.17) is 10.1 Å². The van der Waals surface area contributed by atoms with Gasteiger partial charge < -0.3 is 19.7 Å². The Bertz CT molecular complexity index is 758. The summed E-state index contributed by atoms with van der Waals surface area (Å²) in [7, 11) is 0. The number of morpholine rings is 1. The van der Waals surface area contributed by atoms with Gasteiger partial charge in [-0.15, -0.1) is 0 Å². The topological polar surface area (TPSA) is 88.5 Å². The van der Waals surface area contributed by atoms with E-state index in [0.717, 1.165) is 43.9 Å². The van der Waals surface area contributed by atoms with Crippen molar-refractivity contribution in [1.82, 2.24) is 19.8 Å². The number of rotatable bonds is 4. The van der Waals surface area contributed by atoms with Crippen molar-refractivity contribution in [3.05, 3.63) is 35.8 Å². The molecule has 126 valence electrons. The lowest BCUT2D eigenvalue weighted by Gasteiger charge is -2.29. The molecule has 2 aliphatic heterocycles. The van der Waals surface area contributed by atoms with Gasteiger partial charge in [-0.1, -0.05) is 12.1 Å².